The lowest BCUT2D eigenvalue weighted by Crippen LogP contribution is -2.74. The van der Waals surface area contributed by atoms with Crippen molar-refractivity contribution >= 4 is 17.8 Å². The third-order valence-corrected chi connectivity index (χ3v) is 8.80. The van der Waals surface area contributed by atoms with E-state index in [-0.39, 0.29) is 17.4 Å². The number of piperazine rings is 1. The number of carbonyl (C=O) groups excluding carboxylic acids is 2. The maximum Gasteiger partial charge on any atom is 0.335 e. The monoisotopic (exact) mass is 599 g/mol. The van der Waals surface area contributed by atoms with Crippen LogP contribution in [0.5, 0.6) is 11.5 Å². The lowest BCUT2D eigenvalue weighted by molar-refractivity contribution is -0.164. The molecule has 2 heterocycles. The van der Waals surface area contributed by atoms with Gasteiger partial charge in [0, 0.05) is 26.2 Å². The number of likely N-dealkylation sites (tertiary alicyclic amines) is 1. The van der Waals surface area contributed by atoms with Crippen LogP contribution in [0, 0.1) is 0 Å². The molecule has 0 aromatic heterocycles. The summed E-state index contributed by atoms with van der Waals surface area (Å²) in [7, 11) is 0. The van der Waals surface area contributed by atoms with Crippen molar-refractivity contribution in [2.24, 2.45) is 0 Å². The Hall–Kier alpha value is -4.21. The van der Waals surface area contributed by atoms with Crippen LogP contribution >= 0.6 is 0 Å². The second-order valence-electron chi connectivity index (χ2n) is 11.8. The highest BCUT2D eigenvalue weighted by molar-refractivity contribution is 6.00. The fourth-order valence-electron chi connectivity index (χ4n) is 6.17. The van der Waals surface area contributed by atoms with Crippen molar-refractivity contribution in [1.82, 2.24) is 15.1 Å². The lowest BCUT2D eigenvalue weighted by Gasteiger charge is -2.52. The van der Waals surface area contributed by atoms with Gasteiger partial charge in [-0.1, -0.05) is 55.8 Å². The number of nitrogens with zero attached hydrogens (tertiary/aromatic N) is 2. The number of rotatable bonds is 12. The molecule has 3 aromatic carbocycles. The van der Waals surface area contributed by atoms with Gasteiger partial charge in [-0.25, -0.2) is 4.79 Å². The van der Waals surface area contributed by atoms with Crippen LogP contribution in [0.25, 0.3) is 0 Å². The van der Waals surface area contributed by atoms with Gasteiger partial charge in [-0.15, -0.1) is 0 Å². The number of aryl methyl sites for hydroxylation is 1. The molecule has 232 valence electrons. The van der Waals surface area contributed by atoms with Crippen molar-refractivity contribution < 1.29 is 29.3 Å². The third kappa shape index (κ3) is 7.11. The van der Waals surface area contributed by atoms with E-state index in [4.69, 9.17) is 9.84 Å². The number of hydrogen-bond donors (Lipinski definition) is 3. The Kier molecular flexibility index (Phi) is 9.97. The van der Waals surface area contributed by atoms with E-state index in [1.165, 1.54) is 12.1 Å². The number of aromatic carboxylic acids is 1. The molecule has 9 heteroatoms. The van der Waals surface area contributed by atoms with Gasteiger partial charge >= 0.3 is 5.97 Å². The average Bonchev–Trinajstić information content (AvgIpc) is 3.04. The molecule has 2 amide bonds. The number of ether oxygens (including phenoxy) is 1. The molecule has 0 saturated carbocycles. The van der Waals surface area contributed by atoms with Gasteiger partial charge in [-0.05, 0) is 79.6 Å². The molecule has 0 bridgehead atoms. The molecule has 0 radical (unpaired) electrons. The molecule has 0 unspecified atom stereocenters. The van der Waals surface area contributed by atoms with Crippen molar-refractivity contribution in [3.05, 3.63) is 95.6 Å². The van der Waals surface area contributed by atoms with Crippen LogP contribution in [0.15, 0.2) is 78.9 Å². The minimum absolute atomic E-state index is 0.158. The summed E-state index contributed by atoms with van der Waals surface area (Å²) in [4.78, 5) is 42.6. The van der Waals surface area contributed by atoms with Crippen molar-refractivity contribution in [2.75, 3.05) is 19.6 Å². The van der Waals surface area contributed by atoms with Gasteiger partial charge in [0.25, 0.3) is 0 Å². The molecule has 3 N–H and O–H groups in total. The highest BCUT2D eigenvalue weighted by Crippen LogP contribution is 2.35. The Morgan fingerprint density at radius 1 is 0.955 bits per heavy atom. The number of benzene rings is 3. The van der Waals surface area contributed by atoms with Crippen LogP contribution in [-0.4, -0.2) is 75.1 Å². The maximum absolute atomic E-state index is 13.8. The van der Waals surface area contributed by atoms with Crippen LogP contribution in [-0.2, 0) is 22.6 Å². The Bertz CT molecular complexity index is 1420. The van der Waals surface area contributed by atoms with E-state index in [0.29, 0.717) is 63.4 Å². The average molecular weight is 600 g/mol. The first-order chi connectivity index (χ1) is 21.3. The molecular weight excluding hydrogens is 558 g/mol. The second-order valence-corrected chi connectivity index (χ2v) is 11.8. The number of carboxylic acid groups (broad SMARTS) is 1. The van der Waals surface area contributed by atoms with Crippen molar-refractivity contribution in [1.29, 1.82) is 0 Å². The van der Waals surface area contributed by atoms with Crippen LogP contribution in [0.2, 0.25) is 0 Å². The molecule has 3 aromatic rings. The molecule has 44 heavy (non-hydrogen) atoms. The number of aliphatic hydroxyl groups is 1. The van der Waals surface area contributed by atoms with E-state index in [0.717, 1.165) is 24.0 Å². The summed E-state index contributed by atoms with van der Waals surface area (Å²) in [5.74, 6) is -0.108. The van der Waals surface area contributed by atoms with Gasteiger partial charge < -0.3 is 25.2 Å². The zero-order valence-corrected chi connectivity index (χ0v) is 25.2. The lowest BCUT2D eigenvalue weighted by atomic mass is 9.80. The molecule has 2 atom stereocenters. The van der Waals surface area contributed by atoms with Gasteiger partial charge in [-0.3, -0.25) is 14.5 Å². The number of carboxylic acids is 1. The van der Waals surface area contributed by atoms with Crippen LogP contribution in [0.4, 0.5) is 0 Å². The fourth-order valence-corrected chi connectivity index (χ4v) is 6.17. The van der Waals surface area contributed by atoms with Crippen LogP contribution < -0.4 is 10.1 Å². The first-order valence-corrected chi connectivity index (χ1v) is 15.5. The maximum atomic E-state index is 13.8. The van der Waals surface area contributed by atoms with E-state index in [1.54, 1.807) is 17.0 Å². The van der Waals surface area contributed by atoms with Crippen molar-refractivity contribution in [3.63, 3.8) is 0 Å². The Labute approximate surface area is 258 Å². The van der Waals surface area contributed by atoms with Crippen molar-refractivity contribution in [3.8, 4) is 11.5 Å². The van der Waals surface area contributed by atoms with Crippen molar-refractivity contribution in [2.45, 2.75) is 69.7 Å². The summed E-state index contributed by atoms with van der Waals surface area (Å²) in [6.07, 6.45) is 2.85. The molecule has 2 saturated heterocycles. The number of aliphatic hydroxyl groups excluding tert-OH is 1. The van der Waals surface area contributed by atoms with E-state index in [2.05, 4.69) is 17.1 Å². The number of carbonyl (C=O) groups is 3. The number of amides is 2. The minimum Gasteiger partial charge on any atom is -0.478 e. The van der Waals surface area contributed by atoms with Crippen LogP contribution in [0.3, 0.4) is 0 Å². The highest BCUT2D eigenvalue weighted by atomic mass is 16.5. The zero-order valence-electron chi connectivity index (χ0n) is 25.2. The minimum atomic E-state index is -0.980. The van der Waals surface area contributed by atoms with Gasteiger partial charge in [0.2, 0.25) is 11.8 Å². The Morgan fingerprint density at radius 2 is 1.59 bits per heavy atom. The largest absolute Gasteiger partial charge is 0.478 e. The molecule has 9 nitrogen and oxygen atoms in total. The second kappa shape index (κ2) is 14.1. The summed E-state index contributed by atoms with van der Waals surface area (Å²) < 4.78 is 5.86. The molecular formula is C35H41N3O6. The van der Waals surface area contributed by atoms with Gasteiger partial charge in [0.05, 0.1) is 11.7 Å². The van der Waals surface area contributed by atoms with E-state index >= 15 is 0 Å². The first kappa shape index (κ1) is 31.2. The molecule has 1 spiro atoms. The zero-order chi connectivity index (χ0) is 31.1. The summed E-state index contributed by atoms with van der Waals surface area (Å²) in [6, 6.07) is 23.0. The number of unbranched alkanes of at least 4 members (excludes halogenated alkanes) is 1. The first-order valence-electron chi connectivity index (χ1n) is 15.5. The standard InChI is InChI=1S/C35H41N3O6/c1-2-3-21-38-32(40)31(30(39)18-11-25-7-5-4-6-8-25)36-34(43)35(38)19-22-37(23-20-35)24-26-9-14-28(15-10-26)44-29-16-12-27(13-17-29)33(41)42/h4-10,12-17,30-31,39H,2-3,11,18-24H2,1H3,(H,36,43)(H,41,42)/t30-,31-/m1/s1. The number of hydrogen-bond acceptors (Lipinski definition) is 6. The Morgan fingerprint density at radius 3 is 2.20 bits per heavy atom. The van der Waals surface area contributed by atoms with E-state index in [9.17, 15) is 19.5 Å². The summed E-state index contributed by atoms with van der Waals surface area (Å²) in [5, 5.41) is 23.0. The predicted molar refractivity (Wildman–Crippen MR) is 166 cm³/mol. The molecule has 2 fully saturated rings. The van der Waals surface area contributed by atoms with Gasteiger partial charge in [0.1, 0.15) is 23.1 Å². The summed E-state index contributed by atoms with van der Waals surface area (Å²) in [5.41, 5.74) is 1.49. The normalized spacial score (nSPS) is 19.0. The fraction of sp³-hybridized carbons (Fsp3) is 0.400. The van der Waals surface area contributed by atoms with Gasteiger partial charge in [-0.2, -0.15) is 0 Å². The number of piperidine rings is 1. The third-order valence-electron chi connectivity index (χ3n) is 8.80. The SMILES string of the molecule is CCCCN1C(=O)[C@@H]([C@H](O)CCc2ccccc2)NC(=O)C12CCN(Cc1ccc(Oc3ccc(C(=O)O)cc3)cc1)CC2. The smallest absolute Gasteiger partial charge is 0.335 e. The molecule has 5 rings (SSSR count). The quantitative estimate of drug-likeness (QED) is 0.278. The van der Waals surface area contributed by atoms with E-state index in [1.807, 2.05) is 54.6 Å². The topological polar surface area (TPSA) is 119 Å². The predicted octanol–water partition coefficient (Wildman–Crippen LogP) is 4.63. The van der Waals surface area contributed by atoms with E-state index < -0.39 is 23.7 Å². The molecule has 2 aliphatic heterocycles. The number of nitrogens with one attached hydrogen (secondary N) is 1. The Balaban J connectivity index is 1.18. The molecule has 0 aliphatic carbocycles. The summed E-state index contributed by atoms with van der Waals surface area (Å²) >= 11 is 0. The van der Waals surface area contributed by atoms with Crippen LogP contribution in [0.1, 0.15) is 60.5 Å². The summed E-state index contributed by atoms with van der Waals surface area (Å²) in [6.45, 7) is 4.61. The molecule has 2 aliphatic rings. The highest BCUT2D eigenvalue weighted by Gasteiger charge is 2.54. The van der Waals surface area contributed by atoms with Gasteiger partial charge in [0.15, 0.2) is 0 Å².